The van der Waals surface area contributed by atoms with Crippen LogP contribution in [0.4, 0.5) is 5.69 Å². The monoisotopic (exact) mass is 489 g/mol. The summed E-state index contributed by atoms with van der Waals surface area (Å²) < 4.78 is 0. The van der Waals surface area contributed by atoms with Crippen molar-refractivity contribution in [1.29, 1.82) is 0 Å². The van der Waals surface area contributed by atoms with Gasteiger partial charge in [-0.15, -0.1) is 0 Å². The highest BCUT2D eigenvalue weighted by atomic mass is 35.5. The molecule has 0 fully saturated rings. The van der Waals surface area contributed by atoms with Crippen molar-refractivity contribution < 1.29 is 0 Å². The third kappa shape index (κ3) is 6.62. The van der Waals surface area contributed by atoms with Gasteiger partial charge in [0.25, 0.3) is 0 Å². The number of anilines is 1. The van der Waals surface area contributed by atoms with Gasteiger partial charge in [-0.2, -0.15) is 0 Å². The standard InChI is InChI=1S/C26H30Cl3N3/c1-4-32(5-2)15-7-8-18(3)30-26-17-20(31-25-16-19(27)11-13-22(25)26)12-14-21-23(28)9-6-10-24(21)29/h6,9-14,16-18H,4-5,7-8,15H2,1-3H3,(H,30,31). The molecular weight excluding hydrogens is 461 g/mol. The van der Waals surface area contributed by atoms with Crippen LogP contribution in [-0.2, 0) is 0 Å². The molecule has 0 amide bonds. The molecule has 0 saturated heterocycles. The van der Waals surface area contributed by atoms with Crippen LogP contribution in [0.15, 0.2) is 42.5 Å². The van der Waals surface area contributed by atoms with Crippen LogP contribution in [0.3, 0.4) is 0 Å². The summed E-state index contributed by atoms with van der Waals surface area (Å²) in [7, 11) is 0. The highest BCUT2D eigenvalue weighted by Gasteiger charge is 2.10. The number of aromatic nitrogens is 1. The van der Waals surface area contributed by atoms with E-state index in [1.807, 2.05) is 48.6 Å². The number of rotatable bonds is 10. The van der Waals surface area contributed by atoms with Crippen molar-refractivity contribution in [2.45, 2.75) is 39.7 Å². The molecule has 0 saturated carbocycles. The maximum atomic E-state index is 6.31. The Bertz CT molecular complexity index is 1060. The van der Waals surface area contributed by atoms with E-state index in [-0.39, 0.29) is 0 Å². The molecule has 0 aliphatic carbocycles. The van der Waals surface area contributed by atoms with Crippen molar-refractivity contribution in [3.05, 3.63) is 68.8 Å². The highest BCUT2D eigenvalue weighted by Crippen LogP contribution is 2.29. The third-order valence-electron chi connectivity index (χ3n) is 5.62. The lowest BCUT2D eigenvalue weighted by atomic mass is 10.1. The molecule has 170 valence electrons. The molecule has 1 heterocycles. The molecule has 2 aromatic carbocycles. The Morgan fingerprint density at radius 3 is 2.41 bits per heavy atom. The van der Waals surface area contributed by atoms with Crippen molar-refractivity contribution in [2.24, 2.45) is 0 Å². The Labute approximate surface area is 206 Å². The second kappa shape index (κ2) is 11.9. The molecule has 1 N–H and O–H groups in total. The minimum Gasteiger partial charge on any atom is -0.382 e. The molecule has 0 radical (unpaired) electrons. The summed E-state index contributed by atoms with van der Waals surface area (Å²) in [6.07, 6.45) is 6.08. The van der Waals surface area contributed by atoms with Gasteiger partial charge in [-0.25, -0.2) is 4.98 Å². The number of hydrogen-bond acceptors (Lipinski definition) is 3. The molecule has 3 rings (SSSR count). The van der Waals surface area contributed by atoms with E-state index in [1.165, 1.54) is 0 Å². The Balaban J connectivity index is 1.84. The summed E-state index contributed by atoms with van der Waals surface area (Å²) in [6.45, 7) is 9.97. The van der Waals surface area contributed by atoms with Crippen molar-refractivity contribution in [1.82, 2.24) is 9.88 Å². The molecule has 1 aromatic heterocycles. The largest absolute Gasteiger partial charge is 0.382 e. The minimum atomic E-state index is 0.335. The molecule has 0 spiro atoms. The first-order valence-corrected chi connectivity index (χ1v) is 12.3. The van der Waals surface area contributed by atoms with Crippen LogP contribution in [-0.4, -0.2) is 35.6 Å². The summed E-state index contributed by atoms with van der Waals surface area (Å²) in [4.78, 5) is 7.24. The first-order valence-electron chi connectivity index (χ1n) is 11.1. The first-order chi connectivity index (χ1) is 15.4. The number of nitrogens with one attached hydrogen (secondary N) is 1. The van der Waals surface area contributed by atoms with Gasteiger partial charge in [0.1, 0.15) is 0 Å². The molecule has 32 heavy (non-hydrogen) atoms. The number of nitrogens with zero attached hydrogens (tertiary/aromatic N) is 2. The Hall–Kier alpha value is -1.78. The van der Waals surface area contributed by atoms with Gasteiger partial charge in [-0.1, -0.05) is 54.7 Å². The average molecular weight is 491 g/mol. The van der Waals surface area contributed by atoms with E-state index in [0.717, 1.165) is 60.3 Å². The Morgan fingerprint density at radius 1 is 1.00 bits per heavy atom. The van der Waals surface area contributed by atoms with E-state index in [2.05, 4.69) is 37.1 Å². The van der Waals surface area contributed by atoms with Crippen molar-refractivity contribution in [3.8, 4) is 0 Å². The highest BCUT2D eigenvalue weighted by molar-refractivity contribution is 6.37. The van der Waals surface area contributed by atoms with Crippen molar-refractivity contribution in [2.75, 3.05) is 25.0 Å². The van der Waals surface area contributed by atoms with Crippen molar-refractivity contribution in [3.63, 3.8) is 0 Å². The summed E-state index contributed by atoms with van der Waals surface area (Å²) in [5.74, 6) is 0. The second-order valence-electron chi connectivity index (χ2n) is 7.94. The number of pyridine rings is 1. The summed E-state index contributed by atoms with van der Waals surface area (Å²) >= 11 is 18.9. The quantitative estimate of drug-likeness (QED) is 0.310. The lowest BCUT2D eigenvalue weighted by Gasteiger charge is -2.21. The molecule has 0 aliphatic heterocycles. The normalized spacial score (nSPS) is 12.7. The predicted octanol–water partition coefficient (Wildman–Crippen LogP) is 8.29. The number of halogens is 3. The third-order valence-corrected chi connectivity index (χ3v) is 6.51. The molecule has 0 aliphatic rings. The summed E-state index contributed by atoms with van der Waals surface area (Å²) in [5, 5.41) is 6.62. The maximum absolute atomic E-state index is 6.31. The van der Waals surface area contributed by atoms with Crippen molar-refractivity contribution >= 4 is 63.5 Å². The minimum absolute atomic E-state index is 0.335. The van der Waals surface area contributed by atoms with Crippen LogP contribution in [0.1, 0.15) is 44.9 Å². The Morgan fingerprint density at radius 2 is 1.72 bits per heavy atom. The maximum Gasteiger partial charge on any atom is 0.0744 e. The van der Waals surface area contributed by atoms with Gasteiger partial charge in [0, 0.05) is 37.7 Å². The first kappa shape index (κ1) is 24.9. The van der Waals surface area contributed by atoms with Gasteiger partial charge in [0.05, 0.1) is 11.2 Å². The van der Waals surface area contributed by atoms with Crippen LogP contribution in [0.5, 0.6) is 0 Å². The summed E-state index contributed by atoms with van der Waals surface area (Å²) in [6, 6.07) is 13.7. The zero-order chi connectivity index (χ0) is 23.1. The van der Waals surface area contributed by atoms with Gasteiger partial charge in [-0.05, 0) is 87.9 Å². The van der Waals surface area contributed by atoms with E-state index in [4.69, 9.17) is 39.8 Å². The fraction of sp³-hybridized carbons (Fsp3) is 0.346. The number of fused-ring (bicyclic) bond motifs is 1. The van der Waals surface area contributed by atoms with Crippen LogP contribution in [0, 0.1) is 0 Å². The molecule has 1 atom stereocenters. The second-order valence-corrected chi connectivity index (χ2v) is 9.19. The van der Waals surface area contributed by atoms with Gasteiger partial charge < -0.3 is 10.2 Å². The van der Waals surface area contributed by atoms with Crippen LogP contribution >= 0.6 is 34.8 Å². The molecule has 3 aromatic rings. The van der Waals surface area contributed by atoms with Gasteiger partial charge in [0.15, 0.2) is 0 Å². The number of benzene rings is 2. The molecule has 1 unspecified atom stereocenters. The SMILES string of the molecule is CCN(CC)CCCC(C)Nc1cc(C=Cc2c(Cl)cccc2Cl)nc2cc(Cl)ccc12. The van der Waals surface area contributed by atoms with E-state index in [9.17, 15) is 0 Å². The Kier molecular flexibility index (Phi) is 9.24. The average Bonchev–Trinajstić information content (AvgIpc) is 2.76. The zero-order valence-electron chi connectivity index (χ0n) is 18.8. The molecular formula is C26H30Cl3N3. The van der Waals surface area contributed by atoms with E-state index in [0.29, 0.717) is 21.1 Å². The van der Waals surface area contributed by atoms with Crippen LogP contribution < -0.4 is 5.32 Å². The van der Waals surface area contributed by atoms with E-state index in [1.54, 1.807) is 0 Å². The van der Waals surface area contributed by atoms with E-state index < -0.39 is 0 Å². The van der Waals surface area contributed by atoms with Gasteiger partial charge in [-0.3, -0.25) is 0 Å². The smallest absolute Gasteiger partial charge is 0.0744 e. The van der Waals surface area contributed by atoms with Gasteiger partial charge in [0.2, 0.25) is 0 Å². The van der Waals surface area contributed by atoms with E-state index >= 15 is 0 Å². The zero-order valence-corrected chi connectivity index (χ0v) is 21.1. The molecule has 6 heteroatoms. The topological polar surface area (TPSA) is 28.2 Å². The summed E-state index contributed by atoms with van der Waals surface area (Å²) in [5.41, 5.74) is 3.49. The molecule has 3 nitrogen and oxygen atoms in total. The predicted molar refractivity (Wildman–Crippen MR) is 142 cm³/mol. The lowest BCUT2D eigenvalue weighted by Crippen LogP contribution is -2.25. The fourth-order valence-corrected chi connectivity index (χ4v) is 4.45. The van der Waals surface area contributed by atoms with Gasteiger partial charge >= 0.3 is 0 Å². The fourth-order valence-electron chi connectivity index (χ4n) is 3.76. The number of hydrogen-bond donors (Lipinski definition) is 1. The van der Waals surface area contributed by atoms with Crippen LogP contribution in [0.2, 0.25) is 15.1 Å². The molecule has 0 bridgehead atoms. The lowest BCUT2D eigenvalue weighted by molar-refractivity contribution is 0.295. The van der Waals surface area contributed by atoms with Crippen LogP contribution in [0.25, 0.3) is 23.1 Å².